The molecular weight excluding hydrogens is 679 g/mol. The number of nitrogens with zero attached hydrogens (tertiary/aromatic N) is 5. The van der Waals surface area contributed by atoms with Crippen LogP contribution in [0.1, 0.15) is 102 Å². The zero-order valence-electron chi connectivity index (χ0n) is 31.0. The van der Waals surface area contributed by atoms with E-state index in [4.69, 9.17) is 9.97 Å². The quantitative estimate of drug-likeness (QED) is 0.143. The fourth-order valence-corrected chi connectivity index (χ4v) is 9.56. The predicted octanol–water partition coefficient (Wildman–Crippen LogP) is 7.89. The first-order valence-electron chi connectivity index (χ1n) is 19.2. The summed E-state index contributed by atoms with van der Waals surface area (Å²) in [5, 5.41) is 16.9. The molecule has 4 fully saturated rings. The van der Waals surface area contributed by atoms with Crippen molar-refractivity contribution in [3.63, 3.8) is 0 Å². The Hall–Kier alpha value is -4.00. The lowest BCUT2D eigenvalue weighted by Crippen LogP contribution is -2.57. The molecule has 4 aromatic rings. The Morgan fingerprint density at radius 3 is 2.43 bits per heavy atom. The van der Waals surface area contributed by atoms with Gasteiger partial charge in [-0.15, -0.1) is 0 Å². The number of aliphatic hydroxyl groups is 1. The fraction of sp³-hybridized carbons (Fsp3) is 0.537. The monoisotopic (exact) mass is 727 g/mol. The summed E-state index contributed by atoms with van der Waals surface area (Å²) in [7, 11) is 0. The zero-order valence-corrected chi connectivity index (χ0v) is 31.0. The number of amides is 1. The Labute approximate surface area is 308 Å². The second-order valence-corrected chi connectivity index (χ2v) is 17.1. The van der Waals surface area contributed by atoms with Crippen molar-refractivity contribution in [2.75, 3.05) is 16.8 Å². The molecule has 3 N–H and O–H groups in total. The van der Waals surface area contributed by atoms with E-state index in [1.54, 1.807) is 13.3 Å². The van der Waals surface area contributed by atoms with Crippen LogP contribution in [0.15, 0.2) is 42.7 Å². The molecule has 3 aliphatic carbocycles. The number of likely N-dealkylation sites (tertiary alicyclic amines) is 1. The average molecular weight is 728 g/mol. The van der Waals surface area contributed by atoms with E-state index in [-0.39, 0.29) is 36.5 Å². The molecule has 0 radical (unpaired) electrons. The molecule has 0 spiro atoms. The molecule has 2 aromatic heterocycles. The maximum Gasteiger partial charge on any atom is 0.256 e. The van der Waals surface area contributed by atoms with Crippen LogP contribution in [-0.2, 0) is 10.2 Å². The third-order valence-electron chi connectivity index (χ3n) is 13.0. The molecule has 53 heavy (non-hydrogen) atoms. The second kappa shape index (κ2) is 12.3. The molecule has 2 bridgehead atoms. The zero-order chi connectivity index (χ0) is 37.1. The van der Waals surface area contributed by atoms with Crippen LogP contribution in [0, 0.1) is 18.7 Å². The number of anilines is 3. The first-order valence-corrected chi connectivity index (χ1v) is 19.2. The van der Waals surface area contributed by atoms with Gasteiger partial charge in [0.25, 0.3) is 6.43 Å². The highest BCUT2D eigenvalue weighted by Gasteiger charge is 2.53. The van der Waals surface area contributed by atoms with Crippen molar-refractivity contribution in [3.8, 4) is 11.3 Å². The van der Waals surface area contributed by atoms with Crippen molar-refractivity contribution in [2.45, 2.75) is 127 Å². The van der Waals surface area contributed by atoms with Crippen LogP contribution in [0.25, 0.3) is 22.3 Å². The number of benzene rings is 2. The van der Waals surface area contributed by atoms with E-state index in [2.05, 4.69) is 21.6 Å². The van der Waals surface area contributed by atoms with E-state index < -0.39 is 29.4 Å². The smallest absolute Gasteiger partial charge is 0.256 e. The number of piperidine rings is 1. The SMILES string of the molecule is Cc1cc(F)c(Nc2nc(-c3ccc4c(c3)N([C@H]3C[C@@H](N5C[C@H]6CC[C@@H]5C6)C3)C(=O)C4(C)C)cc3ncn(C(C)C)c23)cc1C(O)NC1(C(F)F)CC1. The van der Waals surface area contributed by atoms with Crippen LogP contribution in [0.3, 0.4) is 0 Å². The highest BCUT2D eigenvalue weighted by molar-refractivity contribution is 6.08. The highest BCUT2D eigenvalue weighted by atomic mass is 19.3. The highest BCUT2D eigenvalue weighted by Crippen LogP contribution is 2.50. The van der Waals surface area contributed by atoms with E-state index in [9.17, 15) is 18.7 Å². The van der Waals surface area contributed by atoms with Crippen molar-refractivity contribution in [1.29, 1.82) is 0 Å². The number of aromatic nitrogens is 3. The lowest BCUT2D eigenvalue weighted by molar-refractivity contribution is -0.123. The number of aliphatic hydroxyl groups excluding tert-OH is 1. The minimum absolute atomic E-state index is 0.0190. The first kappa shape index (κ1) is 34.7. The molecular formula is C41H48F3N7O2. The molecule has 280 valence electrons. The number of fused-ring (bicyclic) bond motifs is 4. The topological polar surface area (TPSA) is 98.6 Å². The molecule has 2 aliphatic heterocycles. The Morgan fingerprint density at radius 2 is 1.77 bits per heavy atom. The molecule has 9 rings (SSSR count). The van der Waals surface area contributed by atoms with Gasteiger partial charge in [0.2, 0.25) is 5.91 Å². The number of carbonyl (C=O) groups is 1. The standard InChI is InChI=1S/C41H48F3N7O2/c1-21(2)50-20-45-33-18-31(46-36(35(33)50)47-32-17-28(22(3)12-30(32)42)37(52)48-41(10-11-41)38(43)44)24-7-9-29-34(14-24)51(39(53)40(29,4)5)27-15-26(16-27)49-19-23-6-8-25(49)13-23/h7,9,12,14,17-18,20-21,23,25-27,37-38,48,52H,6,8,10-11,13,15-16,19H2,1-5H3,(H,46,47)/t23-,25+,26-,27+,37?/m0/s1. The van der Waals surface area contributed by atoms with Crippen LogP contribution < -0.4 is 15.5 Å². The molecule has 1 amide bonds. The maximum absolute atomic E-state index is 15.7. The van der Waals surface area contributed by atoms with Gasteiger partial charge in [0.15, 0.2) is 5.82 Å². The van der Waals surface area contributed by atoms with Gasteiger partial charge in [-0.1, -0.05) is 12.1 Å². The Kier molecular flexibility index (Phi) is 8.04. The van der Waals surface area contributed by atoms with Gasteiger partial charge >= 0.3 is 0 Å². The molecule has 5 aliphatic rings. The van der Waals surface area contributed by atoms with Gasteiger partial charge < -0.3 is 19.9 Å². The summed E-state index contributed by atoms with van der Waals surface area (Å²) in [5.74, 6) is 0.758. The summed E-state index contributed by atoms with van der Waals surface area (Å²) in [5.41, 5.74) is 3.36. The summed E-state index contributed by atoms with van der Waals surface area (Å²) < 4.78 is 45.1. The van der Waals surface area contributed by atoms with Gasteiger partial charge in [0, 0.05) is 47.5 Å². The number of hydrogen-bond donors (Lipinski definition) is 3. The predicted molar refractivity (Wildman–Crippen MR) is 199 cm³/mol. The molecule has 9 nitrogen and oxygen atoms in total. The number of hydrogen-bond acceptors (Lipinski definition) is 7. The molecule has 2 aromatic carbocycles. The van der Waals surface area contributed by atoms with Gasteiger partial charge in [-0.2, -0.15) is 0 Å². The normalized spacial score (nSPS) is 26.2. The number of rotatable bonds is 10. The summed E-state index contributed by atoms with van der Waals surface area (Å²) in [6.07, 6.45) is 4.16. The maximum atomic E-state index is 15.7. The van der Waals surface area contributed by atoms with Gasteiger partial charge in [-0.05, 0) is 121 Å². The number of carbonyl (C=O) groups excluding carboxylic acids is 1. The Bertz CT molecular complexity index is 2120. The lowest BCUT2D eigenvalue weighted by atomic mass is 9.82. The van der Waals surface area contributed by atoms with Crippen molar-refractivity contribution in [2.24, 2.45) is 5.92 Å². The minimum atomic E-state index is -2.63. The summed E-state index contributed by atoms with van der Waals surface area (Å²) in [6, 6.07) is 12.2. The van der Waals surface area contributed by atoms with Crippen molar-refractivity contribution >= 4 is 34.1 Å². The molecule has 3 atom stereocenters. The van der Waals surface area contributed by atoms with Gasteiger partial charge in [0.05, 0.1) is 34.2 Å². The molecule has 1 saturated heterocycles. The number of nitrogens with one attached hydrogen (secondary N) is 2. The van der Waals surface area contributed by atoms with E-state index in [1.165, 1.54) is 37.9 Å². The second-order valence-electron chi connectivity index (χ2n) is 17.1. The summed E-state index contributed by atoms with van der Waals surface area (Å²) in [4.78, 5) is 28.6. The van der Waals surface area contributed by atoms with E-state index >= 15 is 4.39 Å². The first-order chi connectivity index (χ1) is 25.2. The summed E-state index contributed by atoms with van der Waals surface area (Å²) in [6.45, 7) is 10.9. The number of halogens is 3. The van der Waals surface area contributed by atoms with Crippen LogP contribution in [0.5, 0.6) is 0 Å². The van der Waals surface area contributed by atoms with Crippen molar-refractivity contribution in [1.82, 2.24) is 24.8 Å². The van der Waals surface area contributed by atoms with Gasteiger partial charge in [-0.3, -0.25) is 15.0 Å². The van der Waals surface area contributed by atoms with E-state index in [0.717, 1.165) is 35.6 Å². The molecule has 1 unspecified atom stereocenters. The number of pyridine rings is 1. The number of aryl methyl sites for hydroxylation is 1. The van der Waals surface area contributed by atoms with Crippen LogP contribution >= 0.6 is 0 Å². The largest absolute Gasteiger partial charge is 0.374 e. The van der Waals surface area contributed by atoms with Crippen LogP contribution in [0.4, 0.5) is 30.4 Å². The Morgan fingerprint density at radius 1 is 1.00 bits per heavy atom. The fourth-order valence-electron chi connectivity index (χ4n) is 9.56. The van der Waals surface area contributed by atoms with Gasteiger partial charge in [0.1, 0.15) is 17.6 Å². The molecule has 12 heteroatoms. The van der Waals surface area contributed by atoms with Crippen LogP contribution in [-0.4, -0.2) is 67.1 Å². The van der Waals surface area contributed by atoms with Gasteiger partial charge in [-0.25, -0.2) is 23.1 Å². The van der Waals surface area contributed by atoms with Crippen molar-refractivity contribution < 1.29 is 23.1 Å². The van der Waals surface area contributed by atoms with E-state index in [0.29, 0.717) is 45.8 Å². The Balaban J connectivity index is 1.06. The lowest BCUT2D eigenvalue weighted by Gasteiger charge is -2.48. The molecule has 3 saturated carbocycles. The summed E-state index contributed by atoms with van der Waals surface area (Å²) >= 11 is 0. The number of alkyl halides is 2. The van der Waals surface area contributed by atoms with E-state index in [1.807, 2.05) is 55.4 Å². The van der Waals surface area contributed by atoms with Crippen LogP contribution in [0.2, 0.25) is 0 Å². The third-order valence-corrected chi connectivity index (χ3v) is 13.0. The van der Waals surface area contributed by atoms with Crippen molar-refractivity contribution in [3.05, 3.63) is 65.2 Å². The third kappa shape index (κ3) is 5.57. The average Bonchev–Trinajstić information content (AvgIpc) is 3.38. The number of imidazole rings is 1. The molecule has 4 heterocycles. The minimum Gasteiger partial charge on any atom is -0.374 e.